The van der Waals surface area contributed by atoms with Gasteiger partial charge in [-0.2, -0.15) is 0 Å². The van der Waals surface area contributed by atoms with Gasteiger partial charge < -0.3 is 10.6 Å². The van der Waals surface area contributed by atoms with Crippen molar-refractivity contribution in [1.82, 2.24) is 4.90 Å². The molecule has 19 heavy (non-hydrogen) atoms. The summed E-state index contributed by atoms with van der Waals surface area (Å²) in [7, 11) is 0. The predicted octanol–water partition coefficient (Wildman–Crippen LogP) is 2.95. The number of nitrogens with two attached hydrogens (primary N) is 1. The zero-order chi connectivity index (χ0) is 14.2. The van der Waals surface area contributed by atoms with Crippen LogP contribution in [0.1, 0.15) is 43.9 Å². The van der Waals surface area contributed by atoms with Crippen molar-refractivity contribution in [2.75, 3.05) is 6.54 Å². The zero-order valence-electron chi connectivity index (χ0n) is 12.7. The van der Waals surface area contributed by atoms with Crippen molar-refractivity contribution >= 4 is 5.96 Å². The number of guanidine groups is 1. The lowest BCUT2D eigenvalue weighted by atomic mass is 9.85. The summed E-state index contributed by atoms with van der Waals surface area (Å²) in [5, 5.41) is 0. The van der Waals surface area contributed by atoms with Crippen LogP contribution in [0.4, 0.5) is 0 Å². The Kier molecular flexibility index (Phi) is 3.57. The van der Waals surface area contributed by atoms with Crippen LogP contribution >= 0.6 is 0 Å². The molecule has 104 valence electrons. The summed E-state index contributed by atoms with van der Waals surface area (Å²) in [5.74, 6) is 0.678. The topological polar surface area (TPSA) is 41.6 Å². The molecular weight excluding hydrogens is 234 g/mol. The Balaban J connectivity index is 2.50. The molecule has 0 aliphatic carbocycles. The van der Waals surface area contributed by atoms with Crippen molar-refractivity contribution in [2.24, 2.45) is 10.7 Å². The highest BCUT2D eigenvalue weighted by molar-refractivity contribution is 5.81. The molecule has 0 saturated heterocycles. The number of nitrogens with zero attached hydrogens (tertiary/aromatic N) is 2. The zero-order valence-corrected chi connectivity index (χ0v) is 12.7. The SMILES string of the molecule is CCC(C)N1C(N)=NCC1(C)c1cc(C)ccc1C. The molecule has 0 aromatic heterocycles. The normalized spacial score (nSPS) is 24.5. The molecule has 2 rings (SSSR count). The molecule has 1 heterocycles. The minimum absolute atomic E-state index is 0.115. The van der Waals surface area contributed by atoms with Gasteiger partial charge in [0.1, 0.15) is 0 Å². The lowest BCUT2D eigenvalue weighted by Gasteiger charge is -2.41. The van der Waals surface area contributed by atoms with Crippen LogP contribution in [0.25, 0.3) is 0 Å². The van der Waals surface area contributed by atoms with Gasteiger partial charge in [-0.15, -0.1) is 0 Å². The molecule has 2 N–H and O–H groups in total. The molecule has 1 aromatic carbocycles. The fourth-order valence-electron chi connectivity index (χ4n) is 3.07. The summed E-state index contributed by atoms with van der Waals surface area (Å²) in [6.07, 6.45) is 1.07. The van der Waals surface area contributed by atoms with E-state index in [2.05, 4.69) is 62.7 Å². The van der Waals surface area contributed by atoms with Gasteiger partial charge in [0, 0.05) is 6.04 Å². The summed E-state index contributed by atoms with van der Waals surface area (Å²) in [6, 6.07) is 7.03. The number of hydrogen-bond donors (Lipinski definition) is 1. The van der Waals surface area contributed by atoms with Crippen LogP contribution in [0.15, 0.2) is 23.2 Å². The number of aryl methyl sites for hydroxylation is 2. The molecule has 0 fully saturated rings. The molecule has 0 bridgehead atoms. The molecule has 0 amide bonds. The monoisotopic (exact) mass is 259 g/mol. The van der Waals surface area contributed by atoms with Crippen LogP contribution in [-0.2, 0) is 5.54 Å². The largest absolute Gasteiger partial charge is 0.370 e. The predicted molar refractivity (Wildman–Crippen MR) is 81.3 cm³/mol. The minimum atomic E-state index is -0.115. The molecule has 1 aliphatic heterocycles. The number of aliphatic imine (C=N–C) groups is 1. The van der Waals surface area contributed by atoms with E-state index in [4.69, 9.17) is 5.73 Å². The molecule has 1 aromatic rings. The van der Waals surface area contributed by atoms with Crippen molar-refractivity contribution in [3.63, 3.8) is 0 Å². The lowest BCUT2D eigenvalue weighted by molar-refractivity contribution is 0.171. The van der Waals surface area contributed by atoms with Gasteiger partial charge in [0.2, 0.25) is 0 Å². The Hall–Kier alpha value is -1.51. The van der Waals surface area contributed by atoms with Crippen LogP contribution in [0.5, 0.6) is 0 Å². The third-order valence-corrected chi connectivity index (χ3v) is 4.33. The van der Waals surface area contributed by atoms with Gasteiger partial charge in [0.15, 0.2) is 5.96 Å². The van der Waals surface area contributed by atoms with Gasteiger partial charge in [0.25, 0.3) is 0 Å². The summed E-state index contributed by atoms with van der Waals surface area (Å²) in [5.41, 5.74) is 9.96. The van der Waals surface area contributed by atoms with E-state index in [1.54, 1.807) is 0 Å². The highest BCUT2D eigenvalue weighted by Gasteiger charge is 2.42. The number of hydrogen-bond acceptors (Lipinski definition) is 3. The van der Waals surface area contributed by atoms with Crippen molar-refractivity contribution in [2.45, 2.75) is 52.6 Å². The minimum Gasteiger partial charge on any atom is -0.370 e. The van der Waals surface area contributed by atoms with E-state index in [-0.39, 0.29) is 5.54 Å². The summed E-state index contributed by atoms with van der Waals surface area (Å²) >= 11 is 0. The maximum Gasteiger partial charge on any atom is 0.192 e. The second-order valence-electron chi connectivity index (χ2n) is 5.89. The third-order valence-electron chi connectivity index (χ3n) is 4.33. The maximum atomic E-state index is 6.13. The maximum absolute atomic E-state index is 6.13. The molecule has 1 aliphatic rings. The standard InChI is InChI=1S/C16H25N3/c1-6-13(4)19-15(17)18-10-16(19,5)14-9-11(2)7-8-12(14)3/h7-9,13H,6,10H2,1-5H3,(H2,17,18). The first kappa shape index (κ1) is 13.9. The summed E-state index contributed by atoms with van der Waals surface area (Å²) in [6.45, 7) is 11.7. The van der Waals surface area contributed by atoms with E-state index in [0.29, 0.717) is 12.0 Å². The van der Waals surface area contributed by atoms with E-state index in [0.717, 1.165) is 13.0 Å². The van der Waals surface area contributed by atoms with Crippen LogP contribution in [0.2, 0.25) is 0 Å². The van der Waals surface area contributed by atoms with Crippen LogP contribution in [0, 0.1) is 13.8 Å². The smallest absolute Gasteiger partial charge is 0.192 e. The fraction of sp³-hybridized carbons (Fsp3) is 0.562. The van der Waals surface area contributed by atoms with E-state index < -0.39 is 0 Å². The molecule has 0 saturated carbocycles. The molecular formula is C16H25N3. The van der Waals surface area contributed by atoms with Crippen LogP contribution in [0.3, 0.4) is 0 Å². The van der Waals surface area contributed by atoms with Crippen molar-refractivity contribution in [1.29, 1.82) is 0 Å². The van der Waals surface area contributed by atoms with E-state index in [1.165, 1.54) is 16.7 Å². The van der Waals surface area contributed by atoms with E-state index in [1.807, 2.05) is 0 Å². The quantitative estimate of drug-likeness (QED) is 0.906. The highest BCUT2D eigenvalue weighted by atomic mass is 15.4. The number of benzene rings is 1. The lowest BCUT2D eigenvalue weighted by Crippen LogP contribution is -2.52. The average Bonchev–Trinajstić information content (AvgIpc) is 2.68. The van der Waals surface area contributed by atoms with Gasteiger partial charge in [-0.25, -0.2) is 0 Å². The molecule has 2 atom stereocenters. The van der Waals surface area contributed by atoms with Gasteiger partial charge in [-0.1, -0.05) is 30.7 Å². The van der Waals surface area contributed by atoms with Crippen LogP contribution in [-0.4, -0.2) is 23.4 Å². The molecule has 2 unspecified atom stereocenters. The van der Waals surface area contributed by atoms with E-state index in [9.17, 15) is 0 Å². The average molecular weight is 259 g/mol. The highest BCUT2D eigenvalue weighted by Crippen LogP contribution is 2.37. The first-order chi connectivity index (χ1) is 8.90. The van der Waals surface area contributed by atoms with Crippen molar-refractivity contribution < 1.29 is 0 Å². The summed E-state index contributed by atoms with van der Waals surface area (Å²) < 4.78 is 0. The fourth-order valence-corrected chi connectivity index (χ4v) is 3.07. The van der Waals surface area contributed by atoms with Crippen molar-refractivity contribution in [3.05, 3.63) is 34.9 Å². The molecule has 0 spiro atoms. The van der Waals surface area contributed by atoms with E-state index >= 15 is 0 Å². The first-order valence-electron chi connectivity index (χ1n) is 7.07. The second kappa shape index (κ2) is 4.87. The summed E-state index contributed by atoms with van der Waals surface area (Å²) in [4.78, 5) is 6.79. The number of rotatable bonds is 3. The van der Waals surface area contributed by atoms with Gasteiger partial charge in [-0.05, 0) is 45.2 Å². The Morgan fingerprint density at radius 3 is 2.74 bits per heavy atom. The first-order valence-corrected chi connectivity index (χ1v) is 7.07. The van der Waals surface area contributed by atoms with Gasteiger partial charge in [-0.3, -0.25) is 4.99 Å². The van der Waals surface area contributed by atoms with Gasteiger partial charge >= 0.3 is 0 Å². The Morgan fingerprint density at radius 1 is 1.42 bits per heavy atom. The Labute approximate surface area is 116 Å². The second-order valence-corrected chi connectivity index (χ2v) is 5.89. The van der Waals surface area contributed by atoms with Crippen LogP contribution < -0.4 is 5.73 Å². The Morgan fingerprint density at radius 2 is 2.11 bits per heavy atom. The molecule has 3 nitrogen and oxygen atoms in total. The molecule has 3 heteroatoms. The Bertz CT molecular complexity index is 507. The van der Waals surface area contributed by atoms with Crippen molar-refractivity contribution in [3.8, 4) is 0 Å². The van der Waals surface area contributed by atoms with Gasteiger partial charge in [0.05, 0.1) is 12.1 Å². The molecule has 0 radical (unpaired) electrons. The third kappa shape index (κ3) is 2.22.